The number of aromatic nitrogens is 2. The van der Waals surface area contributed by atoms with Gasteiger partial charge in [0.2, 0.25) is 0 Å². The molecule has 3 nitrogen and oxygen atoms in total. The van der Waals surface area contributed by atoms with Crippen LogP contribution >= 0.6 is 0 Å². The van der Waals surface area contributed by atoms with Gasteiger partial charge >= 0.3 is 0 Å². The summed E-state index contributed by atoms with van der Waals surface area (Å²) in [6.45, 7) is 2.28. The molecule has 1 unspecified atom stereocenters. The van der Waals surface area contributed by atoms with Crippen molar-refractivity contribution in [1.29, 1.82) is 0 Å². The summed E-state index contributed by atoms with van der Waals surface area (Å²) in [5, 5.41) is 4.22. The predicted octanol–water partition coefficient (Wildman–Crippen LogP) is 3.42. The lowest BCUT2D eigenvalue weighted by atomic mass is 9.76. The van der Waals surface area contributed by atoms with Gasteiger partial charge in [0.15, 0.2) is 0 Å². The maximum absolute atomic E-state index is 6.38. The van der Waals surface area contributed by atoms with Crippen LogP contribution in [-0.2, 0) is 7.05 Å². The van der Waals surface area contributed by atoms with E-state index in [0.717, 1.165) is 5.92 Å². The molecule has 102 valence electrons. The smallest absolute Gasteiger partial charge is 0.0537 e. The molecular formula is C15H27N3. The molecule has 2 N–H and O–H groups in total. The molecule has 1 atom stereocenters. The Hall–Kier alpha value is -0.830. The lowest BCUT2D eigenvalue weighted by Crippen LogP contribution is -2.25. The number of hydrogen-bond acceptors (Lipinski definition) is 2. The summed E-state index contributed by atoms with van der Waals surface area (Å²) in [5.74, 6) is 1.62. The molecule has 1 saturated carbocycles. The zero-order chi connectivity index (χ0) is 13.0. The standard InChI is InChI=1S/C15H27N3/c1-3-4-5-12-6-8-13(9-7-12)15(16)14-10-17-18(2)11-14/h10-13,15H,3-9,16H2,1-2H3. The van der Waals surface area contributed by atoms with E-state index in [9.17, 15) is 0 Å². The van der Waals surface area contributed by atoms with Crippen LogP contribution in [-0.4, -0.2) is 9.78 Å². The predicted molar refractivity (Wildman–Crippen MR) is 75.1 cm³/mol. The Bertz CT molecular complexity index is 350. The van der Waals surface area contributed by atoms with Crippen molar-refractivity contribution >= 4 is 0 Å². The molecule has 1 heterocycles. The first-order chi connectivity index (χ1) is 8.70. The number of aryl methyl sites for hydroxylation is 1. The Morgan fingerprint density at radius 1 is 1.39 bits per heavy atom. The highest BCUT2D eigenvalue weighted by Crippen LogP contribution is 2.37. The van der Waals surface area contributed by atoms with Crippen LogP contribution in [0.25, 0.3) is 0 Å². The van der Waals surface area contributed by atoms with Gasteiger partial charge in [0, 0.05) is 24.8 Å². The molecule has 0 aromatic carbocycles. The van der Waals surface area contributed by atoms with Gasteiger partial charge < -0.3 is 5.73 Å². The van der Waals surface area contributed by atoms with Crippen LogP contribution in [0.15, 0.2) is 12.4 Å². The van der Waals surface area contributed by atoms with Crippen molar-refractivity contribution in [3.8, 4) is 0 Å². The van der Waals surface area contributed by atoms with E-state index in [1.165, 1.54) is 50.5 Å². The number of unbranched alkanes of at least 4 members (excludes halogenated alkanes) is 1. The molecule has 0 aliphatic heterocycles. The molecule has 1 fully saturated rings. The summed E-state index contributed by atoms with van der Waals surface area (Å²) in [6.07, 6.45) is 13.5. The van der Waals surface area contributed by atoms with Crippen molar-refractivity contribution in [3.05, 3.63) is 18.0 Å². The van der Waals surface area contributed by atoms with Crippen LogP contribution in [0.1, 0.15) is 63.5 Å². The fraction of sp³-hybridized carbons (Fsp3) is 0.800. The average Bonchev–Trinajstić information content (AvgIpc) is 2.83. The fourth-order valence-corrected chi connectivity index (χ4v) is 3.21. The minimum absolute atomic E-state index is 0.186. The zero-order valence-electron chi connectivity index (χ0n) is 11.8. The Labute approximate surface area is 111 Å². The first-order valence-electron chi connectivity index (χ1n) is 7.44. The lowest BCUT2D eigenvalue weighted by molar-refractivity contribution is 0.232. The third-order valence-corrected chi connectivity index (χ3v) is 4.47. The number of nitrogens with two attached hydrogens (primary N) is 1. The van der Waals surface area contributed by atoms with E-state index in [-0.39, 0.29) is 6.04 Å². The van der Waals surface area contributed by atoms with Gasteiger partial charge in [-0.25, -0.2) is 0 Å². The van der Waals surface area contributed by atoms with E-state index in [0.29, 0.717) is 5.92 Å². The maximum atomic E-state index is 6.38. The highest BCUT2D eigenvalue weighted by molar-refractivity contribution is 5.11. The second-order valence-corrected chi connectivity index (χ2v) is 5.90. The fourth-order valence-electron chi connectivity index (χ4n) is 3.21. The van der Waals surface area contributed by atoms with E-state index in [1.54, 1.807) is 0 Å². The van der Waals surface area contributed by atoms with Crippen LogP contribution in [0.3, 0.4) is 0 Å². The van der Waals surface area contributed by atoms with E-state index in [4.69, 9.17) is 5.73 Å². The van der Waals surface area contributed by atoms with Crippen molar-refractivity contribution in [3.63, 3.8) is 0 Å². The first-order valence-corrected chi connectivity index (χ1v) is 7.44. The first kappa shape index (κ1) is 13.6. The highest BCUT2D eigenvalue weighted by Gasteiger charge is 2.26. The maximum Gasteiger partial charge on any atom is 0.0537 e. The lowest BCUT2D eigenvalue weighted by Gasteiger charge is -2.31. The Morgan fingerprint density at radius 3 is 2.67 bits per heavy atom. The molecule has 0 saturated heterocycles. The van der Waals surface area contributed by atoms with Crippen LogP contribution in [0, 0.1) is 11.8 Å². The minimum Gasteiger partial charge on any atom is -0.324 e. The number of nitrogens with zero attached hydrogens (tertiary/aromatic N) is 2. The quantitative estimate of drug-likeness (QED) is 0.869. The van der Waals surface area contributed by atoms with Gasteiger partial charge in [0.25, 0.3) is 0 Å². The van der Waals surface area contributed by atoms with Crippen molar-refractivity contribution < 1.29 is 0 Å². The summed E-state index contributed by atoms with van der Waals surface area (Å²) in [5.41, 5.74) is 7.58. The summed E-state index contributed by atoms with van der Waals surface area (Å²) >= 11 is 0. The second-order valence-electron chi connectivity index (χ2n) is 5.90. The normalized spacial score (nSPS) is 26.2. The largest absolute Gasteiger partial charge is 0.324 e. The summed E-state index contributed by atoms with van der Waals surface area (Å²) in [4.78, 5) is 0. The molecule has 1 aromatic rings. The van der Waals surface area contributed by atoms with E-state index in [1.807, 2.05) is 17.9 Å². The summed E-state index contributed by atoms with van der Waals surface area (Å²) in [7, 11) is 1.96. The summed E-state index contributed by atoms with van der Waals surface area (Å²) in [6, 6.07) is 0.186. The molecule has 1 aromatic heterocycles. The van der Waals surface area contributed by atoms with E-state index in [2.05, 4.69) is 18.2 Å². The minimum atomic E-state index is 0.186. The summed E-state index contributed by atoms with van der Waals surface area (Å²) < 4.78 is 1.85. The second kappa shape index (κ2) is 6.37. The molecule has 0 radical (unpaired) electrons. The molecular weight excluding hydrogens is 222 g/mol. The van der Waals surface area contributed by atoms with Crippen molar-refractivity contribution in [2.24, 2.45) is 24.6 Å². The Balaban J connectivity index is 1.82. The van der Waals surface area contributed by atoms with Crippen LogP contribution in [0.5, 0.6) is 0 Å². The van der Waals surface area contributed by atoms with Crippen LogP contribution < -0.4 is 5.73 Å². The number of rotatable bonds is 5. The molecule has 1 aliphatic rings. The SMILES string of the molecule is CCCCC1CCC(C(N)c2cnn(C)c2)CC1. The topological polar surface area (TPSA) is 43.8 Å². The monoisotopic (exact) mass is 249 g/mol. The highest BCUT2D eigenvalue weighted by atomic mass is 15.2. The molecule has 1 aliphatic carbocycles. The van der Waals surface area contributed by atoms with Gasteiger partial charge in [0.1, 0.15) is 0 Å². The Morgan fingerprint density at radius 2 is 2.11 bits per heavy atom. The number of hydrogen-bond donors (Lipinski definition) is 1. The Kier molecular flexibility index (Phi) is 4.81. The third-order valence-electron chi connectivity index (χ3n) is 4.47. The van der Waals surface area contributed by atoms with Crippen molar-refractivity contribution in [2.75, 3.05) is 0 Å². The van der Waals surface area contributed by atoms with Gasteiger partial charge in [-0.2, -0.15) is 5.10 Å². The van der Waals surface area contributed by atoms with Gasteiger partial charge in [-0.1, -0.05) is 39.0 Å². The molecule has 3 heteroatoms. The molecule has 18 heavy (non-hydrogen) atoms. The van der Waals surface area contributed by atoms with E-state index >= 15 is 0 Å². The van der Waals surface area contributed by atoms with Gasteiger partial charge in [0.05, 0.1) is 6.20 Å². The molecule has 0 spiro atoms. The average molecular weight is 249 g/mol. The molecule has 0 bridgehead atoms. The van der Waals surface area contributed by atoms with E-state index < -0.39 is 0 Å². The van der Waals surface area contributed by atoms with Crippen molar-refractivity contribution in [1.82, 2.24) is 9.78 Å². The van der Waals surface area contributed by atoms with Crippen LogP contribution in [0.2, 0.25) is 0 Å². The molecule has 2 rings (SSSR count). The van der Waals surface area contributed by atoms with Gasteiger partial charge in [-0.3, -0.25) is 4.68 Å². The molecule has 0 amide bonds. The van der Waals surface area contributed by atoms with Crippen molar-refractivity contribution in [2.45, 2.75) is 57.9 Å². The van der Waals surface area contributed by atoms with Gasteiger partial charge in [-0.15, -0.1) is 0 Å². The third kappa shape index (κ3) is 3.35. The zero-order valence-corrected chi connectivity index (χ0v) is 11.8. The van der Waals surface area contributed by atoms with Crippen LogP contribution in [0.4, 0.5) is 0 Å². The van der Waals surface area contributed by atoms with Gasteiger partial charge in [-0.05, 0) is 24.7 Å².